The third-order valence-corrected chi connectivity index (χ3v) is 3.53. The maximum atomic E-state index is 12.8. The van der Waals surface area contributed by atoms with Crippen LogP contribution < -0.4 is 9.47 Å². The highest BCUT2D eigenvalue weighted by Crippen LogP contribution is 2.33. The largest absolute Gasteiger partial charge is 0.497 e. The smallest absolute Gasteiger partial charge is 0.349 e. The fraction of sp³-hybridized carbons (Fsp3) is 0.0556. The second-order valence-corrected chi connectivity index (χ2v) is 5.13. The van der Waals surface area contributed by atoms with Gasteiger partial charge in [-0.15, -0.1) is 0 Å². The number of carbonyl (C=O) groups is 1. The highest BCUT2D eigenvalue weighted by molar-refractivity contribution is 6.10. The zero-order valence-electron chi connectivity index (χ0n) is 13.7. The number of rotatable bonds is 6. The van der Waals surface area contributed by atoms with Crippen LogP contribution in [0.4, 0.5) is 5.69 Å². The van der Waals surface area contributed by atoms with E-state index in [0.717, 1.165) is 12.5 Å². The fourth-order valence-electron chi connectivity index (χ4n) is 2.27. The molecule has 0 amide bonds. The molecular weight excluding hydrogens is 338 g/mol. The summed E-state index contributed by atoms with van der Waals surface area (Å²) in [5.74, 6) is -0.0262. The number of ether oxygens (including phenoxy) is 2. The summed E-state index contributed by atoms with van der Waals surface area (Å²) in [6.45, 7) is 0. The van der Waals surface area contributed by atoms with Crippen molar-refractivity contribution in [2.75, 3.05) is 7.11 Å². The van der Waals surface area contributed by atoms with Crippen LogP contribution in [-0.2, 0) is 0 Å². The number of hydrogen-bond donors (Lipinski definition) is 0. The van der Waals surface area contributed by atoms with Gasteiger partial charge in [-0.05, 0) is 12.1 Å². The van der Waals surface area contributed by atoms with E-state index in [2.05, 4.69) is 9.97 Å². The monoisotopic (exact) mass is 351 g/mol. The molecule has 130 valence electrons. The first-order chi connectivity index (χ1) is 12.6. The first-order valence-corrected chi connectivity index (χ1v) is 7.50. The van der Waals surface area contributed by atoms with E-state index in [9.17, 15) is 14.9 Å². The molecule has 0 aliphatic heterocycles. The van der Waals surface area contributed by atoms with Gasteiger partial charge in [0.25, 0.3) is 0 Å². The van der Waals surface area contributed by atoms with Crippen LogP contribution in [0.5, 0.6) is 17.4 Å². The quantitative estimate of drug-likeness (QED) is 0.381. The number of carbonyl (C=O) groups excluding carboxylic acids is 1. The lowest BCUT2D eigenvalue weighted by molar-refractivity contribution is -0.386. The van der Waals surface area contributed by atoms with Crippen LogP contribution >= 0.6 is 0 Å². The van der Waals surface area contributed by atoms with E-state index >= 15 is 0 Å². The van der Waals surface area contributed by atoms with Gasteiger partial charge < -0.3 is 9.47 Å². The Kier molecular flexibility index (Phi) is 4.84. The van der Waals surface area contributed by atoms with Crippen molar-refractivity contribution < 1.29 is 19.2 Å². The molecule has 0 radical (unpaired) electrons. The lowest BCUT2D eigenvalue weighted by Crippen LogP contribution is -2.05. The molecule has 0 aliphatic rings. The van der Waals surface area contributed by atoms with E-state index in [1.807, 2.05) is 0 Å². The standard InChI is InChI=1S/C18H13N3O5/c1-25-13-7-8-14(17(22)12-5-3-2-4-6-12)16(9-13)26-18-15(21(23)24)10-19-11-20-18/h2-11H,1H3. The minimum absolute atomic E-state index is 0.0972. The molecule has 0 N–H and O–H groups in total. The summed E-state index contributed by atoms with van der Waals surface area (Å²) in [5, 5.41) is 11.1. The summed E-state index contributed by atoms with van der Waals surface area (Å²) < 4.78 is 10.7. The molecule has 1 heterocycles. The van der Waals surface area contributed by atoms with Crippen molar-refractivity contribution in [3.63, 3.8) is 0 Å². The maximum Gasteiger partial charge on any atom is 0.349 e. The van der Waals surface area contributed by atoms with Crippen molar-refractivity contribution in [1.82, 2.24) is 9.97 Å². The summed E-state index contributed by atoms with van der Waals surface area (Å²) in [4.78, 5) is 30.7. The summed E-state index contributed by atoms with van der Waals surface area (Å²) in [7, 11) is 1.46. The third-order valence-electron chi connectivity index (χ3n) is 3.53. The Balaban J connectivity index is 2.06. The van der Waals surface area contributed by atoms with Gasteiger partial charge >= 0.3 is 11.6 Å². The van der Waals surface area contributed by atoms with Gasteiger partial charge in [-0.2, -0.15) is 4.98 Å². The average Bonchev–Trinajstić information content (AvgIpc) is 2.68. The number of nitrogens with zero attached hydrogens (tertiary/aromatic N) is 3. The second kappa shape index (κ2) is 7.39. The normalized spacial score (nSPS) is 10.2. The van der Waals surface area contributed by atoms with E-state index in [1.54, 1.807) is 36.4 Å². The van der Waals surface area contributed by atoms with Crippen LogP contribution in [0.1, 0.15) is 15.9 Å². The van der Waals surface area contributed by atoms with E-state index in [4.69, 9.17) is 9.47 Å². The molecule has 3 rings (SSSR count). The minimum atomic E-state index is -0.659. The maximum absolute atomic E-state index is 12.8. The molecule has 1 aromatic heterocycles. The molecule has 0 saturated carbocycles. The van der Waals surface area contributed by atoms with E-state index in [1.165, 1.54) is 19.2 Å². The van der Waals surface area contributed by atoms with E-state index in [-0.39, 0.29) is 23.0 Å². The highest BCUT2D eigenvalue weighted by atomic mass is 16.6. The number of ketones is 1. The molecule has 0 unspecified atom stereocenters. The number of methoxy groups -OCH3 is 1. The van der Waals surface area contributed by atoms with Gasteiger partial charge in [0, 0.05) is 11.6 Å². The van der Waals surface area contributed by atoms with Crippen LogP contribution in [0.3, 0.4) is 0 Å². The summed E-state index contributed by atoms with van der Waals surface area (Å²) in [5.41, 5.74) is 0.276. The molecule has 0 spiro atoms. The number of benzene rings is 2. The first kappa shape index (κ1) is 17.0. The Morgan fingerprint density at radius 1 is 1.15 bits per heavy atom. The molecule has 0 bridgehead atoms. The molecule has 0 fully saturated rings. The van der Waals surface area contributed by atoms with Gasteiger partial charge in [-0.1, -0.05) is 30.3 Å². The molecule has 26 heavy (non-hydrogen) atoms. The second-order valence-electron chi connectivity index (χ2n) is 5.13. The molecule has 8 nitrogen and oxygen atoms in total. The lowest BCUT2D eigenvalue weighted by Gasteiger charge is -2.11. The van der Waals surface area contributed by atoms with Crippen molar-refractivity contribution in [2.24, 2.45) is 0 Å². The van der Waals surface area contributed by atoms with Crippen molar-refractivity contribution in [3.05, 3.63) is 82.3 Å². The predicted octanol–water partition coefficient (Wildman–Crippen LogP) is 3.42. The Labute approximate surface area is 148 Å². The minimum Gasteiger partial charge on any atom is -0.497 e. The lowest BCUT2D eigenvalue weighted by atomic mass is 10.0. The summed E-state index contributed by atoms with van der Waals surface area (Å²) in [6.07, 6.45) is 2.16. The van der Waals surface area contributed by atoms with Crippen molar-refractivity contribution >= 4 is 11.5 Å². The van der Waals surface area contributed by atoms with Crippen molar-refractivity contribution in [2.45, 2.75) is 0 Å². The van der Waals surface area contributed by atoms with Crippen molar-refractivity contribution in [3.8, 4) is 17.4 Å². The SMILES string of the molecule is COc1ccc(C(=O)c2ccccc2)c(Oc2ncncc2[N+](=O)[O-])c1. The fourth-order valence-corrected chi connectivity index (χ4v) is 2.27. The first-order valence-electron chi connectivity index (χ1n) is 7.50. The number of aromatic nitrogens is 2. The number of nitro groups is 1. The van der Waals surface area contributed by atoms with Crippen molar-refractivity contribution in [1.29, 1.82) is 0 Å². The van der Waals surface area contributed by atoms with Crippen LogP contribution in [-0.4, -0.2) is 27.8 Å². The van der Waals surface area contributed by atoms with E-state index < -0.39 is 10.6 Å². The zero-order chi connectivity index (χ0) is 18.5. The Bertz CT molecular complexity index is 960. The topological polar surface area (TPSA) is 104 Å². The Morgan fingerprint density at radius 2 is 1.92 bits per heavy atom. The third kappa shape index (κ3) is 3.48. The van der Waals surface area contributed by atoms with Gasteiger partial charge in [0.2, 0.25) is 0 Å². The van der Waals surface area contributed by atoms with Gasteiger partial charge in [0.15, 0.2) is 5.78 Å². The number of hydrogen-bond acceptors (Lipinski definition) is 7. The van der Waals surface area contributed by atoms with Gasteiger partial charge in [-0.3, -0.25) is 14.9 Å². The molecule has 0 atom stereocenters. The molecule has 2 aromatic carbocycles. The van der Waals surface area contributed by atoms with Crippen LogP contribution in [0.15, 0.2) is 61.1 Å². The molecule has 3 aromatic rings. The molecule has 0 aliphatic carbocycles. The molecular formula is C18H13N3O5. The van der Waals surface area contributed by atoms with Gasteiger partial charge in [0.1, 0.15) is 24.0 Å². The Morgan fingerprint density at radius 3 is 2.62 bits per heavy atom. The summed E-state index contributed by atoms with van der Waals surface area (Å²) in [6, 6.07) is 13.2. The molecule has 0 saturated heterocycles. The summed E-state index contributed by atoms with van der Waals surface area (Å²) >= 11 is 0. The van der Waals surface area contributed by atoms with Gasteiger partial charge in [0.05, 0.1) is 17.6 Å². The predicted molar refractivity (Wildman–Crippen MR) is 91.6 cm³/mol. The van der Waals surface area contributed by atoms with Gasteiger partial charge in [-0.25, -0.2) is 4.98 Å². The zero-order valence-corrected chi connectivity index (χ0v) is 13.7. The Hall–Kier alpha value is -3.81. The van der Waals surface area contributed by atoms with E-state index in [0.29, 0.717) is 11.3 Å². The average molecular weight is 351 g/mol. The molecule has 8 heteroatoms. The highest BCUT2D eigenvalue weighted by Gasteiger charge is 2.22. The van der Waals surface area contributed by atoms with Crippen LogP contribution in [0.2, 0.25) is 0 Å². The van der Waals surface area contributed by atoms with Crippen LogP contribution in [0, 0.1) is 10.1 Å². The van der Waals surface area contributed by atoms with Crippen LogP contribution in [0.25, 0.3) is 0 Å².